The van der Waals surface area contributed by atoms with Gasteiger partial charge in [-0.05, 0) is 19.9 Å². The average Bonchev–Trinajstić information content (AvgIpc) is 3.03. The van der Waals surface area contributed by atoms with Crippen molar-refractivity contribution in [2.75, 3.05) is 32.8 Å². The highest BCUT2D eigenvalue weighted by Gasteiger charge is 2.40. The second-order valence-electron chi connectivity index (χ2n) is 6.15. The van der Waals surface area contributed by atoms with E-state index in [-0.39, 0.29) is 11.6 Å². The van der Waals surface area contributed by atoms with Crippen LogP contribution in [0.1, 0.15) is 34.6 Å². The number of carbonyl (C=O) groups is 1. The van der Waals surface area contributed by atoms with Gasteiger partial charge in [0.1, 0.15) is 0 Å². The number of hydrogen-bond acceptors (Lipinski definition) is 4. The highest BCUT2D eigenvalue weighted by Crippen LogP contribution is 2.31. The quantitative estimate of drug-likeness (QED) is 0.795. The Kier molecular flexibility index (Phi) is 3.90. The van der Waals surface area contributed by atoms with Crippen LogP contribution in [-0.2, 0) is 16.5 Å². The molecule has 116 valence electrons. The number of hydrogen-bond donors (Lipinski definition) is 0. The fourth-order valence-electron chi connectivity index (χ4n) is 3.26. The van der Waals surface area contributed by atoms with Crippen LogP contribution in [0.15, 0.2) is 6.07 Å². The third kappa shape index (κ3) is 2.78. The Morgan fingerprint density at radius 3 is 2.38 bits per heavy atom. The summed E-state index contributed by atoms with van der Waals surface area (Å²) in [6.45, 7) is 7.63. The van der Waals surface area contributed by atoms with Crippen LogP contribution in [0.4, 0.5) is 0 Å². The Hall–Kier alpha value is -1.17. The Balaban J connectivity index is 1.60. The number of ketones is 1. The van der Waals surface area contributed by atoms with Crippen molar-refractivity contribution in [2.45, 2.75) is 32.5 Å². The second kappa shape index (κ2) is 5.55. The predicted molar refractivity (Wildman–Crippen MR) is 79.5 cm³/mol. The third-order valence-corrected chi connectivity index (χ3v) is 4.87. The fourth-order valence-corrected chi connectivity index (χ4v) is 3.26. The second-order valence-corrected chi connectivity index (χ2v) is 6.15. The summed E-state index contributed by atoms with van der Waals surface area (Å²) in [5.41, 5.74) is 3.03. The molecule has 5 heteroatoms. The molecule has 0 radical (unpaired) electrons. The highest BCUT2D eigenvalue weighted by molar-refractivity contribution is 5.99. The molecule has 1 spiro atoms. The molecule has 2 aliphatic rings. The number of rotatable bonds is 3. The zero-order valence-electron chi connectivity index (χ0n) is 13.1. The van der Waals surface area contributed by atoms with Gasteiger partial charge < -0.3 is 14.0 Å². The predicted octanol–water partition coefficient (Wildman–Crippen LogP) is 1.66. The van der Waals surface area contributed by atoms with Crippen molar-refractivity contribution < 1.29 is 14.3 Å². The van der Waals surface area contributed by atoms with Crippen molar-refractivity contribution in [1.82, 2.24) is 9.47 Å². The summed E-state index contributed by atoms with van der Waals surface area (Å²) in [5.74, 6) is -0.154. The van der Waals surface area contributed by atoms with Crippen LogP contribution in [0.5, 0.6) is 0 Å². The van der Waals surface area contributed by atoms with E-state index in [1.165, 1.54) is 0 Å². The number of likely N-dealkylation sites (tertiary alicyclic amines) is 1. The standard InChI is InChI=1S/C16H24N2O3/c1-12-10-14(13(2)17(12)3)15(19)11-18-6-4-16(5-7-18)20-8-9-21-16/h10H,4-9,11H2,1-3H3. The maximum absolute atomic E-state index is 12.5. The van der Waals surface area contributed by atoms with E-state index in [1.807, 2.05) is 27.0 Å². The van der Waals surface area contributed by atoms with Crippen molar-refractivity contribution in [3.63, 3.8) is 0 Å². The highest BCUT2D eigenvalue weighted by atomic mass is 16.7. The van der Waals surface area contributed by atoms with Gasteiger partial charge in [0, 0.05) is 49.9 Å². The molecule has 3 heterocycles. The van der Waals surface area contributed by atoms with Gasteiger partial charge >= 0.3 is 0 Å². The first-order valence-corrected chi connectivity index (χ1v) is 7.67. The number of Topliss-reactive ketones (excluding diaryl/α,β-unsaturated/α-hetero) is 1. The first kappa shape index (κ1) is 14.8. The Morgan fingerprint density at radius 1 is 1.24 bits per heavy atom. The zero-order valence-corrected chi connectivity index (χ0v) is 13.1. The van der Waals surface area contributed by atoms with Gasteiger partial charge in [0.15, 0.2) is 11.6 Å². The molecule has 0 aromatic carbocycles. The van der Waals surface area contributed by atoms with E-state index in [0.717, 1.165) is 42.9 Å². The topological polar surface area (TPSA) is 43.7 Å². The van der Waals surface area contributed by atoms with E-state index < -0.39 is 0 Å². The summed E-state index contributed by atoms with van der Waals surface area (Å²) in [4.78, 5) is 14.7. The van der Waals surface area contributed by atoms with Gasteiger partial charge in [0.2, 0.25) is 0 Å². The SMILES string of the molecule is Cc1cc(C(=O)CN2CCC3(CC2)OCCO3)c(C)n1C. The number of aryl methyl sites for hydroxylation is 1. The van der Waals surface area contributed by atoms with Crippen molar-refractivity contribution in [3.05, 3.63) is 23.0 Å². The van der Waals surface area contributed by atoms with Gasteiger partial charge in [-0.25, -0.2) is 0 Å². The van der Waals surface area contributed by atoms with Gasteiger partial charge in [0.25, 0.3) is 0 Å². The number of aromatic nitrogens is 1. The van der Waals surface area contributed by atoms with E-state index in [2.05, 4.69) is 9.47 Å². The minimum atomic E-state index is -0.362. The molecule has 0 N–H and O–H groups in total. The lowest BCUT2D eigenvalue weighted by molar-refractivity contribution is -0.184. The van der Waals surface area contributed by atoms with Crippen LogP contribution in [0, 0.1) is 13.8 Å². The molecule has 21 heavy (non-hydrogen) atoms. The number of carbonyl (C=O) groups excluding carboxylic acids is 1. The maximum atomic E-state index is 12.5. The van der Waals surface area contributed by atoms with Gasteiger partial charge in [0.05, 0.1) is 19.8 Å². The molecule has 0 amide bonds. The zero-order chi connectivity index (χ0) is 15.0. The smallest absolute Gasteiger partial charge is 0.178 e. The van der Waals surface area contributed by atoms with Gasteiger partial charge in [-0.3, -0.25) is 9.69 Å². The molecule has 3 rings (SSSR count). The molecule has 2 saturated heterocycles. The molecule has 2 aliphatic heterocycles. The minimum Gasteiger partial charge on any atom is -0.351 e. The van der Waals surface area contributed by atoms with E-state index in [1.54, 1.807) is 0 Å². The van der Waals surface area contributed by atoms with Crippen LogP contribution in [0.25, 0.3) is 0 Å². The summed E-state index contributed by atoms with van der Waals surface area (Å²) < 4.78 is 13.5. The third-order valence-electron chi connectivity index (χ3n) is 4.87. The lowest BCUT2D eigenvalue weighted by Gasteiger charge is -2.37. The molecular weight excluding hydrogens is 268 g/mol. The largest absolute Gasteiger partial charge is 0.351 e. The Morgan fingerprint density at radius 2 is 1.86 bits per heavy atom. The van der Waals surface area contributed by atoms with E-state index in [4.69, 9.17) is 9.47 Å². The summed E-state index contributed by atoms with van der Waals surface area (Å²) in [6.07, 6.45) is 1.71. The number of piperidine rings is 1. The molecule has 2 fully saturated rings. The summed E-state index contributed by atoms with van der Waals surface area (Å²) in [5, 5.41) is 0. The van der Waals surface area contributed by atoms with Crippen molar-refractivity contribution in [1.29, 1.82) is 0 Å². The van der Waals surface area contributed by atoms with Crippen LogP contribution in [-0.4, -0.2) is 53.9 Å². The van der Waals surface area contributed by atoms with Gasteiger partial charge in [-0.2, -0.15) is 0 Å². The molecule has 0 saturated carbocycles. The molecule has 0 atom stereocenters. The number of nitrogens with zero attached hydrogens (tertiary/aromatic N) is 2. The summed E-state index contributed by atoms with van der Waals surface area (Å²) in [6, 6.07) is 1.99. The number of ether oxygens (including phenoxy) is 2. The van der Waals surface area contributed by atoms with E-state index in [9.17, 15) is 4.79 Å². The Bertz CT molecular complexity index is 534. The maximum Gasteiger partial charge on any atom is 0.178 e. The first-order valence-electron chi connectivity index (χ1n) is 7.67. The lowest BCUT2D eigenvalue weighted by Crippen LogP contribution is -2.46. The van der Waals surface area contributed by atoms with Crippen LogP contribution in [0.3, 0.4) is 0 Å². The lowest BCUT2D eigenvalue weighted by atomic mass is 10.0. The van der Waals surface area contributed by atoms with E-state index in [0.29, 0.717) is 19.8 Å². The molecule has 1 aromatic heterocycles. The van der Waals surface area contributed by atoms with Crippen LogP contribution in [0.2, 0.25) is 0 Å². The molecule has 0 unspecified atom stereocenters. The molecule has 0 aliphatic carbocycles. The summed E-state index contributed by atoms with van der Waals surface area (Å²) >= 11 is 0. The van der Waals surface area contributed by atoms with Gasteiger partial charge in [-0.1, -0.05) is 0 Å². The van der Waals surface area contributed by atoms with Crippen molar-refractivity contribution in [2.24, 2.45) is 7.05 Å². The molecule has 5 nitrogen and oxygen atoms in total. The van der Waals surface area contributed by atoms with Crippen molar-refractivity contribution in [3.8, 4) is 0 Å². The summed E-state index contributed by atoms with van der Waals surface area (Å²) in [7, 11) is 2.00. The van der Waals surface area contributed by atoms with Crippen molar-refractivity contribution >= 4 is 5.78 Å². The fraction of sp³-hybridized carbons (Fsp3) is 0.688. The molecular formula is C16H24N2O3. The first-order chi connectivity index (χ1) is 10.0. The van der Waals surface area contributed by atoms with E-state index >= 15 is 0 Å². The van der Waals surface area contributed by atoms with Crippen LogP contribution < -0.4 is 0 Å². The van der Waals surface area contributed by atoms with Crippen LogP contribution >= 0.6 is 0 Å². The average molecular weight is 292 g/mol. The Labute approximate surface area is 125 Å². The normalized spacial score (nSPS) is 22.0. The molecule has 0 bridgehead atoms. The van der Waals surface area contributed by atoms with Gasteiger partial charge in [-0.15, -0.1) is 0 Å². The monoisotopic (exact) mass is 292 g/mol. The minimum absolute atomic E-state index is 0.209. The molecule has 1 aromatic rings.